The molecule has 2 rings (SSSR count). The van der Waals surface area contributed by atoms with Gasteiger partial charge in [0.1, 0.15) is 0 Å². The van der Waals surface area contributed by atoms with Gasteiger partial charge in [0.15, 0.2) is 5.82 Å². The summed E-state index contributed by atoms with van der Waals surface area (Å²) in [5.41, 5.74) is 0. The number of hydrogen-bond donors (Lipinski definition) is 0. The lowest BCUT2D eigenvalue weighted by Crippen LogP contribution is -1.90. The van der Waals surface area contributed by atoms with Crippen LogP contribution in [0.2, 0.25) is 5.28 Å². The van der Waals surface area contributed by atoms with Gasteiger partial charge in [-0.15, -0.1) is 5.10 Å². The van der Waals surface area contributed by atoms with Gasteiger partial charge in [-0.25, -0.2) is 4.68 Å². The molecule has 1 aliphatic heterocycles. The maximum absolute atomic E-state index is 5.59. The number of hydrogen-bond acceptors (Lipinski definition) is 2. The predicted octanol–water partition coefficient (Wildman–Crippen LogP) is 1.76. The second kappa shape index (κ2) is 2.89. The molecule has 0 bridgehead atoms. The fourth-order valence-electron chi connectivity index (χ4n) is 0.715. The van der Waals surface area contributed by atoms with E-state index in [9.17, 15) is 0 Å². The molecule has 5 heteroatoms. The molecule has 0 radical (unpaired) electrons. The standard InChI is InChI=1S/C6H3ClIN3/c7-6-9-5-1-2-8-3-4-11(5)10-6/h1,3-4H. The van der Waals surface area contributed by atoms with Gasteiger partial charge in [0.05, 0.1) is 0 Å². The molecular weight excluding hydrogens is 276 g/mol. The van der Waals surface area contributed by atoms with E-state index in [1.165, 1.54) is 0 Å². The maximum Gasteiger partial charge on any atom is 0.243 e. The zero-order chi connectivity index (χ0) is 7.68. The zero-order valence-corrected chi connectivity index (χ0v) is 8.24. The van der Waals surface area contributed by atoms with Crippen LogP contribution in [0.4, 0.5) is 0 Å². The molecule has 1 aromatic heterocycles. The second-order valence-corrected chi connectivity index (χ2v) is 4.12. The van der Waals surface area contributed by atoms with Gasteiger partial charge in [-0.05, 0) is 36.4 Å². The van der Waals surface area contributed by atoms with E-state index in [4.69, 9.17) is 11.6 Å². The molecule has 11 heavy (non-hydrogen) atoms. The topological polar surface area (TPSA) is 30.7 Å². The quantitative estimate of drug-likeness (QED) is 0.678. The van der Waals surface area contributed by atoms with Crippen LogP contribution >= 0.6 is 32.3 Å². The minimum Gasteiger partial charge on any atom is -0.218 e. The first-order chi connectivity index (χ1) is 5.36. The average Bonchev–Trinajstić information content (AvgIpc) is 2.17. The Morgan fingerprint density at radius 1 is 1.64 bits per heavy atom. The molecule has 0 unspecified atom stereocenters. The van der Waals surface area contributed by atoms with Crippen molar-refractivity contribution < 1.29 is 0 Å². The van der Waals surface area contributed by atoms with Gasteiger partial charge < -0.3 is 0 Å². The van der Waals surface area contributed by atoms with Crippen LogP contribution in [0, 0.1) is 0 Å². The third kappa shape index (κ3) is 1.42. The van der Waals surface area contributed by atoms with Crippen molar-refractivity contribution in [2.24, 2.45) is 0 Å². The Labute approximate surface area is 78.1 Å². The molecule has 1 aromatic rings. The molecule has 56 valence electrons. The van der Waals surface area contributed by atoms with Crippen molar-refractivity contribution in [3.63, 3.8) is 0 Å². The van der Waals surface area contributed by atoms with E-state index in [0.717, 1.165) is 5.82 Å². The molecule has 0 saturated heterocycles. The van der Waals surface area contributed by atoms with Crippen molar-refractivity contribution in [2.45, 2.75) is 0 Å². The van der Waals surface area contributed by atoms with Gasteiger partial charge in [0, 0.05) is 12.3 Å². The lowest BCUT2D eigenvalue weighted by Gasteiger charge is -1.87. The number of fused-ring (bicyclic) bond motifs is 1. The van der Waals surface area contributed by atoms with Crippen LogP contribution in [0.15, 0.2) is 4.08 Å². The van der Waals surface area contributed by atoms with Crippen LogP contribution < -0.4 is 0 Å². The summed E-state index contributed by atoms with van der Waals surface area (Å²) in [6.45, 7) is 0. The SMILES string of the molecule is Clc1nc2n(n1)C=CI=C=C2. The van der Waals surface area contributed by atoms with Gasteiger partial charge >= 0.3 is 0 Å². The summed E-state index contributed by atoms with van der Waals surface area (Å²) in [5, 5.41) is 4.22. The molecule has 3 nitrogen and oxygen atoms in total. The summed E-state index contributed by atoms with van der Waals surface area (Å²) in [7, 11) is 0. The van der Waals surface area contributed by atoms with Crippen LogP contribution in [-0.4, -0.2) is 18.4 Å². The first-order valence-corrected chi connectivity index (χ1v) is 5.56. The fourth-order valence-corrected chi connectivity index (χ4v) is 2.01. The molecule has 0 saturated carbocycles. The summed E-state index contributed by atoms with van der Waals surface area (Å²) in [6.07, 6.45) is 3.70. The lowest BCUT2D eigenvalue weighted by molar-refractivity contribution is 0.925. The van der Waals surface area contributed by atoms with E-state index in [-0.39, 0.29) is 26.0 Å². The Kier molecular flexibility index (Phi) is 1.89. The third-order valence-corrected chi connectivity index (χ3v) is 2.65. The zero-order valence-electron chi connectivity index (χ0n) is 5.33. The average molecular weight is 279 g/mol. The molecule has 0 aromatic carbocycles. The number of halogens is 2. The molecule has 0 N–H and O–H groups in total. The number of nitrogens with zero attached hydrogens (tertiary/aromatic N) is 3. The minimum atomic E-state index is -0.0749. The van der Waals surface area contributed by atoms with Crippen molar-refractivity contribution in [3.8, 4) is 0 Å². The number of rotatable bonds is 0. The Morgan fingerprint density at radius 3 is 3.45 bits per heavy atom. The summed E-state index contributed by atoms with van der Waals surface area (Å²) in [6, 6.07) is 0. The molecule has 0 fully saturated rings. The van der Waals surface area contributed by atoms with E-state index < -0.39 is 0 Å². The molecule has 1 aliphatic rings. The van der Waals surface area contributed by atoms with Crippen molar-refractivity contribution in [3.05, 3.63) is 15.2 Å². The second-order valence-electron chi connectivity index (χ2n) is 1.82. The van der Waals surface area contributed by atoms with E-state index in [1.54, 1.807) is 4.68 Å². The maximum atomic E-state index is 5.59. The van der Waals surface area contributed by atoms with Crippen molar-refractivity contribution >= 4 is 48.3 Å². The van der Waals surface area contributed by atoms with Crippen molar-refractivity contribution in [1.29, 1.82) is 0 Å². The van der Waals surface area contributed by atoms with E-state index in [1.807, 2.05) is 12.3 Å². The summed E-state index contributed by atoms with van der Waals surface area (Å²) in [5.74, 6) is 0.753. The molecular formula is C6H3ClIN3. The highest BCUT2D eigenvalue weighted by Gasteiger charge is 2.02. The van der Waals surface area contributed by atoms with Gasteiger partial charge in [-0.2, -0.15) is 4.98 Å². The highest BCUT2D eigenvalue weighted by Crippen LogP contribution is 2.10. The number of aromatic nitrogens is 3. The van der Waals surface area contributed by atoms with Gasteiger partial charge in [-0.3, -0.25) is 0 Å². The molecule has 0 atom stereocenters. The lowest BCUT2D eigenvalue weighted by atomic mass is 10.6. The Balaban J connectivity index is 2.66. The first-order valence-electron chi connectivity index (χ1n) is 2.86. The Bertz CT molecular complexity index is 373. The summed E-state index contributed by atoms with van der Waals surface area (Å²) in [4.78, 5) is 3.98. The molecule has 0 amide bonds. The fraction of sp³-hybridized carbons (Fsp3) is 0. The summed E-state index contributed by atoms with van der Waals surface area (Å²) < 4.78 is 6.84. The van der Waals surface area contributed by atoms with E-state index in [2.05, 4.69) is 17.8 Å². The van der Waals surface area contributed by atoms with Crippen LogP contribution in [0.3, 0.4) is 0 Å². The largest absolute Gasteiger partial charge is 0.243 e. The Hall–Kier alpha value is -0.450. The van der Waals surface area contributed by atoms with Crippen LogP contribution in [0.1, 0.15) is 5.82 Å². The van der Waals surface area contributed by atoms with E-state index >= 15 is 0 Å². The normalized spacial score (nSPS) is 13.9. The first kappa shape index (κ1) is 7.21. The molecule has 2 heterocycles. The predicted molar refractivity (Wildman–Crippen MR) is 53.9 cm³/mol. The van der Waals surface area contributed by atoms with Crippen molar-refractivity contribution in [1.82, 2.24) is 14.8 Å². The van der Waals surface area contributed by atoms with Gasteiger partial charge in [-0.1, -0.05) is 3.67 Å². The van der Waals surface area contributed by atoms with Crippen LogP contribution in [0.5, 0.6) is 0 Å². The van der Waals surface area contributed by atoms with Crippen LogP contribution in [-0.2, 0) is 0 Å². The minimum absolute atomic E-state index is 0.0749. The Morgan fingerprint density at radius 2 is 2.55 bits per heavy atom. The monoisotopic (exact) mass is 279 g/mol. The van der Waals surface area contributed by atoms with Gasteiger partial charge in [0.25, 0.3) is 0 Å². The highest BCUT2D eigenvalue weighted by molar-refractivity contribution is 14.2. The van der Waals surface area contributed by atoms with Gasteiger partial charge in [0.2, 0.25) is 5.28 Å². The van der Waals surface area contributed by atoms with Crippen molar-refractivity contribution in [2.75, 3.05) is 0 Å². The smallest absolute Gasteiger partial charge is 0.218 e. The third-order valence-electron chi connectivity index (χ3n) is 1.14. The molecule has 0 spiro atoms. The molecule has 0 aliphatic carbocycles. The summed E-state index contributed by atoms with van der Waals surface area (Å²) >= 11 is 5.51. The van der Waals surface area contributed by atoms with Crippen LogP contribution in [0.25, 0.3) is 12.3 Å². The van der Waals surface area contributed by atoms with E-state index in [0.29, 0.717) is 0 Å². The highest BCUT2D eigenvalue weighted by atomic mass is 127.